The van der Waals surface area contributed by atoms with Crippen LogP contribution in [0.2, 0.25) is 0 Å². The van der Waals surface area contributed by atoms with Crippen molar-refractivity contribution in [1.29, 1.82) is 0 Å². The van der Waals surface area contributed by atoms with Gasteiger partial charge in [-0.15, -0.1) is 0 Å². The maximum Gasteiger partial charge on any atom is 0.259 e. The highest BCUT2D eigenvalue weighted by molar-refractivity contribution is 6.15. The van der Waals surface area contributed by atoms with E-state index >= 15 is 0 Å². The average molecular weight is 451 g/mol. The lowest BCUT2D eigenvalue weighted by molar-refractivity contribution is -0.00194. The van der Waals surface area contributed by atoms with Gasteiger partial charge in [0.2, 0.25) is 6.79 Å². The SMILES string of the molecule is COc1cc2c(cc1OC(C)O)c(=O)n(CCN(C)C)c1c3cc4c(cc3ncc21)OCO4. The number of hydrogen-bond acceptors (Lipinski definition) is 8. The van der Waals surface area contributed by atoms with Crippen LogP contribution in [0, 0.1) is 0 Å². The predicted molar refractivity (Wildman–Crippen MR) is 125 cm³/mol. The van der Waals surface area contributed by atoms with Crippen molar-refractivity contribution >= 4 is 32.6 Å². The lowest BCUT2D eigenvalue weighted by Crippen LogP contribution is -2.27. The van der Waals surface area contributed by atoms with Crippen molar-refractivity contribution in [2.45, 2.75) is 19.8 Å². The molecule has 0 bridgehead atoms. The van der Waals surface area contributed by atoms with Crippen LogP contribution in [-0.4, -0.2) is 60.4 Å². The number of fused-ring (bicyclic) bond motifs is 6. The van der Waals surface area contributed by atoms with Gasteiger partial charge in [0, 0.05) is 41.5 Å². The number of hydrogen-bond donors (Lipinski definition) is 1. The Bertz CT molecular complexity index is 1440. The normalized spacial score (nSPS) is 13.9. The molecule has 2 aromatic heterocycles. The molecule has 1 aliphatic rings. The minimum atomic E-state index is -1.05. The highest BCUT2D eigenvalue weighted by Crippen LogP contribution is 2.40. The van der Waals surface area contributed by atoms with E-state index in [-0.39, 0.29) is 12.4 Å². The third kappa shape index (κ3) is 3.59. The lowest BCUT2D eigenvalue weighted by Gasteiger charge is -2.19. The van der Waals surface area contributed by atoms with E-state index in [0.717, 1.165) is 16.3 Å². The van der Waals surface area contributed by atoms with Gasteiger partial charge in [0.1, 0.15) is 0 Å². The quantitative estimate of drug-likeness (QED) is 0.353. The molecular formula is C24H25N3O6. The number of aliphatic hydroxyl groups excluding tert-OH is 1. The van der Waals surface area contributed by atoms with E-state index in [4.69, 9.17) is 18.9 Å². The monoisotopic (exact) mass is 451 g/mol. The Balaban J connectivity index is 1.90. The molecule has 1 N–H and O–H groups in total. The Morgan fingerprint density at radius 3 is 2.52 bits per heavy atom. The Labute approximate surface area is 189 Å². The topological polar surface area (TPSA) is 95.3 Å². The van der Waals surface area contributed by atoms with Crippen molar-refractivity contribution in [2.75, 3.05) is 34.5 Å². The molecule has 0 saturated heterocycles. The number of rotatable bonds is 6. The summed E-state index contributed by atoms with van der Waals surface area (Å²) < 4.78 is 23.9. The van der Waals surface area contributed by atoms with E-state index in [1.54, 1.807) is 22.9 Å². The molecule has 0 spiro atoms. The second-order valence-electron chi connectivity index (χ2n) is 8.27. The third-order valence-corrected chi connectivity index (χ3v) is 5.74. The van der Waals surface area contributed by atoms with Gasteiger partial charge in [-0.1, -0.05) is 0 Å². The summed E-state index contributed by atoms with van der Waals surface area (Å²) in [6.45, 7) is 2.80. The zero-order valence-corrected chi connectivity index (χ0v) is 18.9. The number of aliphatic hydroxyl groups is 1. The highest BCUT2D eigenvalue weighted by Gasteiger charge is 2.21. The van der Waals surface area contributed by atoms with Crippen molar-refractivity contribution in [3.63, 3.8) is 0 Å². The third-order valence-electron chi connectivity index (χ3n) is 5.74. The summed E-state index contributed by atoms with van der Waals surface area (Å²) in [5.74, 6) is 1.98. The van der Waals surface area contributed by atoms with Crippen molar-refractivity contribution in [3.05, 3.63) is 40.8 Å². The van der Waals surface area contributed by atoms with Crippen molar-refractivity contribution in [3.8, 4) is 23.0 Å². The Morgan fingerprint density at radius 2 is 1.82 bits per heavy atom. The first-order valence-electron chi connectivity index (χ1n) is 10.6. The Morgan fingerprint density at radius 1 is 1.09 bits per heavy atom. The Hall–Kier alpha value is -3.56. The lowest BCUT2D eigenvalue weighted by atomic mass is 10.0. The smallest absolute Gasteiger partial charge is 0.259 e. The van der Waals surface area contributed by atoms with Gasteiger partial charge in [-0.3, -0.25) is 9.78 Å². The van der Waals surface area contributed by atoms with Gasteiger partial charge in [-0.05, 0) is 39.2 Å². The maximum absolute atomic E-state index is 13.8. The molecule has 9 heteroatoms. The van der Waals surface area contributed by atoms with Crippen LogP contribution in [0.5, 0.6) is 23.0 Å². The van der Waals surface area contributed by atoms with Crippen LogP contribution >= 0.6 is 0 Å². The van der Waals surface area contributed by atoms with Gasteiger partial charge in [0.05, 0.1) is 23.5 Å². The molecule has 2 aromatic carbocycles. The fourth-order valence-corrected chi connectivity index (χ4v) is 4.21. The molecule has 1 atom stereocenters. The molecule has 0 radical (unpaired) electrons. The zero-order valence-electron chi connectivity index (χ0n) is 18.9. The second kappa shape index (κ2) is 8.09. The number of likely N-dealkylation sites (N-methyl/N-ethyl adjacent to an activating group) is 1. The summed E-state index contributed by atoms with van der Waals surface area (Å²) in [4.78, 5) is 20.5. The number of ether oxygens (including phenoxy) is 4. The van der Waals surface area contributed by atoms with E-state index in [1.165, 1.54) is 14.0 Å². The maximum atomic E-state index is 13.8. The van der Waals surface area contributed by atoms with Gasteiger partial charge in [-0.25, -0.2) is 0 Å². The zero-order chi connectivity index (χ0) is 23.3. The minimum Gasteiger partial charge on any atom is -0.493 e. The van der Waals surface area contributed by atoms with Crippen molar-refractivity contribution in [1.82, 2.24) is 14.5 Å². The fourth-order valence-electron chi connectivity index (χ4n) is 4.21. The number of nitrogens with zero attached hydrogens (tertiary/aromatic N) is 3. The molecule has 0 amide bonds. The van der Waals surface area contributed by atoms with Crippen LogP contribution in [0.25, 0.3) is 32.6 Å². The number of methoxy groups -OCH3 is 1. The first kappa shape index (κ1) is 21.3. The Kier molecular flexibility index (Phi) is 5.22. The largest absolute Gasteiger partial charge is 0.493 e. The molecule has 0 fully saturated rings. The summed E-state index contributed by atoms with van der Waals surface area (Å²) in [6, 6.07) is 7.10. The molecule has 5 rings (SSSR count). The first-order valence-corrected chi connectivity index (χ1v) is 10.6. The summed E-state index contributed by atoms with van der Waals surface area (Å²) in [6.07, 6.45) is 0.713. The molecule has 1 unspecified atom stereocenters. The fraction of sp³-hybridized carbons (Fsp3) is 0.333. The van der Waals surface area contributed by atoms with Crippen molar-refractivity contribution < 1.29 is 24.1 Å². The van der Waals surface area contributed by atoms with E-state index in [9.17, 15) is 9.90 Å². The average Bonchev–Trinajstić information content (AvgIpc) is 3.24. The summed E-state index contributed by atoms with van der Waals surface area (Å²) >= 11 is 0. The van der Waals surface area contributed by atoms with Gasteiger partial charge < -0.3 is 33.5 Å². The molecular weight excluding hydrogens is 426 g/mol. The molecule has 9 nitrogen and oxygen atoms in total. The minimum absolute atomic E-state index is 0.156. The summed E-state index contributed by atoms with van der Waals surface area (Å²) in [5.41, 5.74) is 1.32. The standard InChI is InChI=1S/C24H25N3O6/c1-13(28)33-22-8-15-14(7-19(22)30-4)17-11-25-18-10-21-20(31-12-32-21)9-16(18)23(17)27(24(15)29)6-5-26(2)3/h7-11,13,28H,5-6,12H2,1-4H3. The number of benzene rings is 2. The van der Waals surface area contributed by atoms with Crippen LogP contribution in [0.3, 0.4) is 0 Å². The van der Waals surface area contributed by atoms with Crippen LogP contribution in [-0.2, 0) is 6.54 Å². The van der Waals surface area contributed by atoms with Gasteiger partial charge in [0.15, 0.2) is 29.3 Å². The van der Waals surface area contributed by atoms with Gasteiger partial charge in [-0.2, -0.15) is 0 Å². The van der Waals surface area contributed by atoms with E-state index < -0.39 is 6.29 Å². The molecule has 1 aliphatic heterocycles. The van der Waals surface area contributed by atoms with Crippen LogP contribution < -0.4 is 24.5 Å². The van der Waals surface area contributed by atoms with Crippen LogP contribution in [0.1, 0.15) is 6.92 Å². The van der Waals surface area contributed by atoms with E-state index in [2.05, 4.69) is 4.98 Å². The predicted octanol–water partition coefficient (Wildman–Crippen LogP) is 2.72. The summed E-state index contributed by atoms with van der Waals surface area (Å²) in [7, 11) is 5.45. The van der Waals surface area contributed by atoms with Crippen LogP contribution in [0.15, 0.2) is 35.3 Å². The molecule has 172 valence electrons. The molecule has 4 aromatic rings. The molecule has 33 heavy (non-hydrogen) atoms. The first-order chi connectivity index (χ1) is 15.9. The van der Waals surface area contributed by atoms with E-state index in [0.29, 0.717) is 52.4 Å². The molecule has 3 heterocycles. The number of pyridine rings is 2. The van der Waals surface area contributed by atoms with Crippen molar-refractivity contribution in [2.24, 2.45) is 0 Å². The van der Waals surface area contributed by atoms with Gasteiger partial charge >= 0.3 is 0 Å². The molecule has 0 aliphatic carbocycles. The van der Waals surface area contributed by atoms with E-state index in [1.807, 2.05) is 31.1 Å². The number of aromatic nitrogens is 2. The highest BCUT2D eigenvalue weighted by atomic mass is 16.7. The second-order valence-corrected chi connectivity index (χ2v) is 8.27. The molecule has 0 saturated carbocycles. The van der Waals surface area contributed by atoms with Gasteiger partial charge in [0.25, 0.3) is 5.56 Å². The summed E-state index contributed by atoms with van der Waals surface area (Å²) in [5, 5.41) is 12.5. The van der Waals surface area contributed by atoms with Crippen LogP contribution in [0.4, 0.5) is 0 Å².